The first kappa shape index (κ1) is 31.2. The molecule has 0 spiro atoms. The normalized spacial score (nSPS) is 25.6. The molecule has 14 nitrogen and oxygen atoms in total. The van der Waals surface area contributed by atoms with Gasteiger partial charge in [-0.05, 0) is 64.3 Å². The molecular weight excluding hydrogens is 603 g/mol. The van der Waals surface area contributed by atoms with Gasteiger partial charge in [0.05, 0.1) is 17.6 Å². The Balaban J connectivity index is 1.39. The van der Waals surface area contributed by atoms with Gasteiger partial charge in [-0.3, -0.25) is 9.32 Å². The van der Waals surface area contributed by atoms with E-state index in [0.29, 0.717) is 5.02 Å². The van der Waals surface area contributed by atoms with Gasteiger partial charge in [-0.25, -0.2) is 14.5 Å². The fourth-order valence-corrected chi connectivity index (χ4v) is 6.62. The van der Waals surface area contributed by atoms with Crippen LogP contribution in [0.25, 0.3) is 11.0 Å². The van der Waals surface area contributed by atoms with Crippen LogP contribution in [0.4, 0.5) is 5.82 Å². The van der Waals surface area contributed by atoms with Crippen LogP contribution in [0.3, 0.4) is 0 Å². The summed E-state index contributed by atoms with van der Waals surface area (Å²) in [5, 5.41) is 35.4. The molecule has 0 radical (unpaired) electrons. The first-order valence-electron chi connectivity index (χ1n) is 13.5. The van der Waals surface area contributed by atoms with Crippen molar-refractivity contribution in [1.82, 2.24) is 19.6 Å². The third-order valence-corrected chi connectivity index (χ3v) is 9.49. The lowest BCUT2D eigenvalue weighted by atomic mass is 9.96. The minimum absolute atomic E-state index is 0.0585. The van der Waals surface area contributed by atoms with Crippen LogP contribution in [0.1, 0.15) is 51.8 Å². The summed E-state index contributed by atoms with van der Waals surface area (Å²) in [6, 6.07) is 8.00. The van der Waals surface area contributed by atoms with Crippen LogP contribution in [0, 0.1) is 11.3 Å². The van der Waals surface area contributed by atoms with Gasteiger partial charge in [0.25, 0.3) is 0 Å². The number of rotatable bonds is 10. The van der Waals surface area contributed by atoms with Crippen LogP contribution >= 0.6 is 19.3 Å². The Labute approximate surface area is 252 Å². The maximum Gasteiger partial charge on any atom is 0.459 e. The molecule has 3 aromatic rings. The smallest absolute Gasteiger partial charge is 0.459 e. The van der Waals surface area contributed by atoms with Crippen molar-refractivity contribution in [3.8, 4) is 11.8 Å². The van der Waals surface area contributed by atoms with Gasteiger partial charge >= 0.3 is 13.7 Å². The average molecular weight is 635 g/mol. The summed E-state index contributed by atoms with van der Waals surface area (Å²) < 4.78 is 38.5. The van der Waals surface area contributed by atoms with Gasteiger partial charge < -0.3 is 34.5 Å². The summed E-state index contributed by atoms with van der Waals surface area (Å²) in [6.07, 6.45) is 0.782. The number of hydrogen-bond acceptors (Lipinski definition) is 12. The molecule has 1 saturated heterocycles. The number of carbonyl (C=O) groups is 1. The molecular formula is C27H32ClN6O8P. The molecule has 3 heterocycles. The number of benzene rings is 1. The van der Waals surface area contributed by atoms with Crippen molar-refractivity contribution in [2.75, 3.05) is 12.3 Å². The largest absolute Gasteiger partial charge is 0.461 e. The second-order valence-electron chi connectivity index (χ2n) is 11.3. The van der Waals surface area contributed by atoms with E-state index < -0.39 is 49.9 Å². The Hall–Kier alpha value is -3.28. The SMILES string of the molecule is CC(C)(NP(=O)(OCC1OC(n2cc(C#N)c3c(N)ncnc32)[C@](C)(O)[C@@H]1O)Oc1ccc(Cl)cc1)C(=O)OC1CCC1. The lowest BCUT2D eigenvalue weighted by molar-refractivity contribution is -0.159. The quantitative estimate of drug-likeness (QED) is 0.187. The van der Waals surface area contributed by atoms with Crippen molar-refractivity contribution >= 4 is 42.2 Å². The Bertz CT molecular complexity index is 1600. The third kappa shape index (κ3) is 6.21. The Kier molecular flexibility index (Phi) is 8.45. The molecule has 230 valence electrons. The summed E-state index contributed by atoms with van der Waals surface area (Å²) in [5.74, 6) is -0.459. The van der Waals surface area contributed by atoms with E-state index in [1.807, 2.05) is 6.07 Å². The number of aliphatic hydroxyl groups excluding tert-OH is 1. The van der Waals surface area contributed by atoms with E-state index in [1.54, 1.807) is 0 Å². The van der Waals surface area contributed by atoms with Gasteiger partial charge in [-0.15, -0.1) is 0 Å². The fourth-order valence-electron chi connectivity index (χ4n) is 4.81. The highest BCUT2D eigenvalue weighted by Gasteiger charge is 2.54. The first-order chi connectivity index (χ1) is 20.2. The molecule has 16 heteroatoms. The zero-order valence-corrected chi connectivity index (χ0v) is 25.3. The van der Waals surface area contributed by atoms with Crippen molar-refractivity contribution in [1.29, 1.82) is 5.26 Å². The minimum atomic E-state index is -4.38. The minimum Gasteiger partial charge on any atom is -0.461 e. The predicted molar refractivity (Wildman–Crippen MR) is 154 cm³/mol. The molecule has 2 aromatic heterocycles. The van der Waals surface area contributed by atoms with Crippen LogP contribution in [-0.4, -0.2) is 66.8 Å². The number of halogens is 1. The summed E-state index contributed by atoms with van der Waals surface area (Å²) in [6.45, 7) is 3.76. The molecule has 1 aliphatic carbocycles. The molecule has 5 rings (SSSR count). The van der Waals surface area contributed by atoms with Crippen molar-refractivity contribution in [3.63, 3.8) is 0 Å². The number of esters is 1. The molecule has 2 fully saturated rings. The standard InChI is InChI=1S/C27H32ClN6O8P/c1-26(2,25(36)40-17-5-4-6-17)33-43(38,42-18-9-7-16(28)8-10-18)39-13-19-21(35)27(3,37)24(41-19)34-12-15(11-29)20-22(30)31-14-32-23(20)34/h7-10,12,14,17,19,21,24,35,37H,4-6,13H2,1-3H3,(H,33,38)(H2,30,31,32)/t19?,21-,24?,27-,43?/m1/s1. The van der Waals surface area contributed by atoms with E-state index in [4.69, 9.17) is 35.9 Å². The molecule has 43 heavy (non-hydrogen) atoms. The lowest BCUT2D eigenvalue weighted by Gasteiger charge is -2.33. The van der Waals surface area contributed by atoms with Gasteiger partial charge in [0, 0.05) is 11.2 Å². The van der Waals surface area contributed by atoms with Crippen molar-refractivity contribution in [2.24, 2.45) is 0 Å². The number of aromatic nitrogens is 3. The van der Waals surface area contributed by atoms with E-state index in [2.05, 4.69) is 15.1 Å². The lowest BCUT2D eigenvalue weighted by Crippen LogP contribution is -2.49. The van der Waals surface area contributed by atoms with E-state index in [1.165, 1.54) is 62.1 Å². The summed E-state index contributed by atoms with van der Waals surface area (Å²) in [4.78, 5) is 21.0. The van der Waals surface area contributed by atoms with Crippen molar-refractivity contribution in [3.05, 3.63) is 47.4 Å². The number of ether oxygens (including phenoxy) is 2. The number of nitrogen functional groups attached to an aromatic ring is 1. The van der Waals surface area contributed by atoms with E-state index in [9.17, 15) is 24.8 Å². The van der Waals surface area contributed by atoms with Gasteiger partial charge in [0.1, 0.15) is 59.1 Å². The fraction of sp³-hybridized carbons (Fsp3) is 0.481. The second-order valence-corrected chi connectivity index (χ2v) is 13.3. The molecule has 0 bridgehead atoms. The molecule has 1 aliphatic heterocycles. The molecule has 1 aromatic carbocycles. The Morgan fingerprint density at radius 1 is 1.35 bits per heavy atom. The highest BCUT2D eigenvalue weighted by atomic mass is 35.5. The number of hydrogen-bond donors (Lipinski definition) is 4. The zero-order chi connectivity index (χ0) is 31.2. The molecule has 3 unspecified atom stereocenters. The molecule has 0 amide bonds. The maximum atomic E-state index is 14.1. The van der Waals surface area contributed by atoms with Gasteiger partial charge in [0.15, 0.2) is 6.23 Å². The number of nitrogens with zero attached hydrogens (tertiary/aromatic N) is 4. The Morgan fingerprint density at radius 3 is 2.67 bits per heavy atom. The first-order valence-corrected chi connectivity index (χ1v) is 15.4. The number of nitrogens with one attached hydrogen (secondary N) is 1. The third-order valence-electron chi connectivity index (χ3n) is 7.47. The predicted octanol–water partition coefficient (Wildman–Crippen LogP) is 3.22. The van der Waals surface area contributed by atoms with Crippen LogP contribution in [0.5, 0.6) is 5.75 Å². The molecule has 5 atom stereocenters. The van der Waals surface area contributed by atoms with Crippen LogP contribution in [0.15, 0.2) is 36.8 Å². The number of anilines is 1. The summed E-state index contributed by atoms with van der Waals surface area (Å²) >= 11 is 5.97. The zero-order valence-electron chi connectivity index (χ0n) is 23.6. The van der Waals surface area contributed by atoms with Crippen LogP contribution < -0.4 is 15.3 Å². The topological polar surface area (TPSA) is 204 Å². The highest BCUT2D eigenvalue weighted by molar-refractivity contribution is 7.52. The number of carbonyl (C=O) groups excluding carboxylic acids is 1. The van der Waals surface area contributed by atoms with Gasteiger partial charge in [-0.2, -0.15) is 10.3 Å². The monoisotopic (exact) mass is 634 g/mol. The second kappa shape index (κ2) is 11.7. The highest BCUT2D eigenvalue weighted by Crippen LogP contribution is 2.49. The van der Waals surface area contributed by atoms with Crippen molar-refractivity contribution < 1.29 is 38.1 Å². The van der Waals surface area contributed by atoms with Gasteiger partial charge in [-0.1, -0.05) is 11.6 Å². The molecule has 2 aliphatic rings. The summed E-state index contributed by atoms with van der Waals surface area (Å²) in [7, 11) is -4.38. The number of aliphatic hydroxyl groups is 2. The summed E-state index contributed by atoms with van der Waals surface area (Å²) in [5.41, 5.74) is 2.88. The number of nitriles is 1. The van der Waals surface area contributed by atoms with E-state index in [-0.39, 0.29) is 34.3 Å². The number of nitrogens with two attached hydrogens (primary N) is 1. The Morgan fingerprint density at radius 2 is 2.05 bits per heavy atom. The van der Waals surface area contributed by atoms with Gasteiger partial charge in [0.2, 0.25) is 0 Å². The number of fused-ring (bicyclic) bond motifs is 1. The van der Waals surface area contributed by atoms with Crippen molar-refractivity contribution in [2.45, 2.75) is 75.7 Å². The molecule has 1 saturated carbocycles. The average Bonchev–Trinajstić information content (AvgIpc) is 3.40. The van der Waals surface area contributed by atoms with Crippen LogP contribution in [0.2, 0.25) is 5.02 Å². The molecule has 5 N–H and O–H groups in total. The van der Waals surface area contributed by atoms with Crippen LogP contribution in [-0.2, 0) is 23.4 Å². The van der Waals surface area contributed by atoms with E-state index in [0.717, 1.165) is 19.3 Å². The maximum absolute atomic E-state index is 14.1. The van der Waals surface area contributed by atoms with E-state index >= 15 is 0 Å².